The first kappa shape index (κ1) is 29.1. The summed E-state index contributed by atoms with van der Waals surface area (Å²) in [6.07, 6.45) is 0.426. The van der Waals surface area contributed by atoms with E-state index in [2.05, 4.69) is 29.7 Å². The first-order chi connectivity index (χ1) is 19.3. The fraction of sp³-hybridized carbons (Fsp3) is 0.242. The number of nitrogens with one attached hydrogen (secondary N) is 2. The molecule has 0 heterocycles. The first-order valence-electron chi connectivity index (χ1n) is 13.3. The molecule has 0 spiro atoms. The molecule has 4 aromatic carbocycles. The monoisotopic (exact) mass is 546 g/mol. The third-order valence-corrected chi connectivity index (χ3v) is 6.75. The smallest absolute Gasteiger partial charge is 0.251 e. The molecule has 4 rings (SSSR count). The zero-order chi connectivity index (χ0) is 28.5. The molecule has 0 aromatic heterocycles. The molecule has 0 fully saturated rings. The second kappa shape index (κ2) is 13.9. The highest BCUT2D eigenvalue weighted by Crippen LogP contribution is 2.15. The van der Waals surface area contributed by atoms with Crippen LogP contribution < -0.4 is 10.6 Å². The first-order valence-corrected chi connectivity index (χ1v) is 13.3. The van der Waals surface area contributed by atoms with Gasteiger partial charge in [0.2, 0.25) is 0 Å². The number of halogens is 3. The Morgan fingerprint density at radius 3 is 2.15 bits per heavy atom. The maximum absolute atomic E-state index is 13.9. The lowest BCUT2D eigenvalue weighted by molar-refractivity contribution is 0.0829. The van der Waals surface area contributed by atoms with Crippen LogP contribution in [-0.4, -0.2) is 29.7 Å². The van der Waals surface area contributed by atoms with Crippen LogP contribution in [0.5, 0.6) is 0 Å². The van der Waals surface area contributed by atoms with Gasteiger partial charge in [0.1, 0.15) is 17.5 Å². The van der Waals surface area contributed by atoms with E-state index in [9.17, 15) is 23.1 Å². The zero-order valence-corrected chi connectivity index (χ0v) is 22.3. The number of rotatable bonds is 12. The average Bonchev–Trinajstić information content (AvgIpc) is 2.93. The molecule has 1 amide bonds. The molecule has 0 aliphatic rings. The Hall–Kier alpha value is -3.94. The van der Waals surface area contributed by atoms with E-state index in [1.807, 2.05) is 18.2 Å². The minimum atomic E-state index is -1.04. The number of carbonyl (C=O) groups excluding carboxylic acids is 1. The normalized spacial score (nSPS) is 12.6. The van der Waals surface area contributed by atoms with Gasteiger partial charge in [-0.2, -0.15) is 0 Å². The summed E-state index contributed by atoms with van der Waals surface area (Å²) >= 11 is 0. The van der Waals surface area contributed by atoms with Crippen LogP contribution in [0.25, 0.3) is 0 Å². The highest BCUT2D eigenvalue weighted by Gasteiger charge is 2.23. The van der Waals surface area contributed by atoms with E-state index in [4.69, 9.17) is 0 Å². The van der Waals surface area contributed by atoms with Crippen molar-refractivity contribution >= 4 is 5.91 Å². The van der Waals surface area contributed by atoms with Crippen LogP contribution in [0.15, 0.2) is 91.0 Å². The molecule has 0 unspecified atom stereocenters. The minimum absolute atomic E-state index is 0.0316. The molecule has 0 aliphatic carbocycles. The SMILES string of the molecule is CCc1cccc(CNC[C@@H](O)[C@H](Cc2cc(F)cc(F)c2)NC(=O)c2cccc(Cc3ccc(F)cc3)c2)c1. The summed E-state index contributed by atoms with van der Waals surface area (Å²) in [5.41, 5.74) is 4.74. The van der Waals surface area contributed by atoms with Crippen molar-refractivity contribution in [2.45, 2.75) is 44.9 Å². The Bertz CT molecular complexity index is 1410. The third-order valence-electron chi connectivity index (χ3n) is 6.75. The van der Waals surface area contributed by atoms with Crippen molar-refractivity contribution < 1.29 is 23.1 Å². The lowest BCUT2D eigenvalue weighted by Gasteiger charge is -2.25. The molecule has 208 valence electrons. The number of hydrogen-bond acceptors (Lipinski definition) is 3. The Balaban J connectivity index is 1.46. The van der Waals surface area contributed by atoms with E-state index in [0.717, 1.165) is 29.2 Å². The highest BCUT2D eigenvalue weighted by atomic mass is 19.1. The van der Waals surface area contributed by atoms with Crippen molar-refractivity contribution in [3.8, 4) is 0 Å². The number of amides is 1. The van der Waals surface area contributed by atoms with E-state index in [-0.39, 0.29) is 18.8 Å². The van der Waals surface area contributed by atoms with Crippen LogP contribution >= 0.6 is 0 Å². The molecule has 4 aromatic rings. The molecule has 0 saturated carbocycles. The third kappa shape index (κ3) is 8.53. The van der Waals surface area contributed by atoms with Crippen molar-refractivity contribution in [3.63, 3.8) is 0 Å². The largest absolute Gasteiger partial charge is 0.390 e. The maximum Gasteiger partial charge on any atom is 0.251 e. The fourth-order valence-electron chi connectivity index (χ4n) is 4.64. The second-order valence-electron chi connectivity index (χ2n) is 9.94. The Morgan fingerprint density at radius 1 is 0.750 bits per heavy atom. The van der Waals surface area contributed by atoms with Crippen molar-refractivity contribution in [2.24, 2.45) is 0 Å². The van der Waals surface area contributed by atoms with E-state index in [1.54, 1.807) is 30.3 Å². The van der Waals surface area contributed by atoms with Crippen LogP contribution in [0, 0.1) is 17.5 Å². The van der Waals surface area contributed by atoms with Crippen molar-refractivity contribution in [1.29, 1.82) is 0 Å². The van der Waals surface area contributed by atoms with Gasteiger partial charge >= 0.3 is 0 Å². The van der Waals surface area contributed by atoms with Crippen molar-refractivity contribution in [3.05, 3.63) is 142 Å². The second-order valence-corrected chi connectivity index (χ2v) is 9.94. The summed E-state index contributed by atoms with van der Waals surface area (Å²) < 4.78 is 41.0. The van der Waals surface area contributed by atoms with Gasteiger partial charge in [-0.05, 0) is 83.5 Å². The van der Waals surface area contributed by atoms with E-state index < -0.39 is 29.7 Å². The topological polar surface area (TPSA) is 61.4 Å². The lowest BCUT2D eigenvalue weighted by Crippen LogP contribution is -2.48. The van der Waals surface area contributed by atoms with E-state index >= 15 is 0 Å². The number of hydrogen-bond donors (Lipinski definition) is 3. The Labute approximate surface area is 232 Å². The summed E-state index contributed by atoms with van der Waals surface area (Å²) in [6, 6.07) is 23.7. The van der Waals surface area contributed by atoms with Gasteiger partial charge in [0.05, 0.1) is 12.1 Å². The molecule has 0 bridgehead atoms. The molecular weight excluding hydrogens is 513 g/mol. The number of aliphatic hydroxyl groups is 1. The van der Waals surface area contributed by atoms with Gasteiger partial charge in [0, 0.05) is 24.7 Å². The van der Waals surface area contributed by atoms with Gasteiger partial charge in [-0.1, -0.05) is 55.5 Å². The summed E-state index contributed by atoms with van der Waals surface area (Å²) in [7, 11) is 0. The number of benzene rings is 4. The van der Waals surface area contributed by atoms with Crippen molar-refractivity contribution in [2.75, 3.05) is 6.54 Å². The van der Waals surface area contributed by atoms with Gasteiger partial charge in [-0.15, -0.1) is 0 Å². The number of aryl methyl sites for hydroxylation is 1. The predicted molar refractivity (Wildman–Crippen MR) is 150 cm³/mol. The lowest BCUT2D eigenvalue weighted by atomic mass is 9.99. The Morgan fingerprint density at radius 2 is 1.43 bits per heavy atom. The zero-order valence-electron chi connectivity index (χ0n) is 22.3. The van der Waals surface area contributed by atoms with E-state index in [0.29, 0.717) is 24.1 Å². The molecule has 7 heteroatoms. The van der Waals surface area contributed by atoms with Crippen molar-refractivity contribution in [1.82, 2.24) is 10.6 Å². The van der Waals surface area contributed by atoms with Gasteiger partial charge < -0.3 is 15.7 Å². The van der Waals surface area contributed by atoms with Crippen LogP contribution in [0.1, 0.15) is 45.1 Å². The molecule has 2 atom stereocenters. The van der Waals surface area contributed by atoms with Crippen LogP contribution in [-0.2, 0) is 25.8 Å². The number of carbonyl (C=O) groups is 1. The van der Waals surface area contributed by atoms with Crippen LogP contribution in [0.2, 0.25) is 0 Å². The quantitative estimate of drug-likeness (QED) is 0.212. The molecule has 3 N–H and O–H groups in total. The van der Waals surface area contributed by atoms with Gasteiger partial charge in [0.15, 0.2) is 0 Å². The summed E-state index contributed by atoms with van der Waals surface area (Å²) in [5, 5.41) is 17.1. The number of aliphatic hydroxyl groups excluding tert-OH is 1. The summed E-state index contributed by atoms with van der Waals surface area (Å²) in [4.78, 5) is 13.3. The highest BCUT2D eigenvalue weighted by molar-refractivity contribution is 5.94. The standard InChI is InChI=1S/C33H33F3N2O2/c1-2-22-5-3-7-25(13-22)20-37-21-32(39)31(18-26-16-29(35)19-30(36)17-26)38-33(40)27-8-4-6-24(15-27)14-23-9-11-28(34)12-10-23/h3-13,15-17,19,31-32,37,39H,2,14,18,20-21H2,1H3,(H,38,40)/t31-,32+/m0/s1. The fourth-order valence-corrected chi connectivity index (χ4v) is 4.64. The maximum atomic E-state index is 13.9. The molecule has 0 aliphatic heterocycles. The van der Waals surface area contributed by atoms with Crippen LogP contribution in [0.4, 0.5) is 13.2 Å². The summed E-state index contributed by atoms with van der Waals surface area (Å²) in [6.45, 7) is 2.76. The molecule has 40 heavy (non-hydrogen) atoms. The minimum Gasteiger partial charge on any atom is -0.390 e. The average molecular weight is 547 g/mol. The Kier molecular flexibility index (Phi) is 10.1. The summed E-state index contributed by atoms with van der Waals surface area (Å²) in [5.74, 6) is -2.19. The molecule has 4 nitrogen and oxygen atoms in total. The predicted octanol–water partition coefficient (Wildman–Crippen LogP) is 5.75. The van der Waals surface area contributed by atoms with Gasteiger partial charge in [-0.3, -0.25) is 4.79 Å². The molecular formula is C33H33F3N2O2. The van der Waals surface area contributed by atoms with Gasteiger partial charge in [-0.25, -0.2) is 13.2 Å². The van der Waals surface area contributed by atoms with E-state index in [1.165, 1.54) is 29.8 Å². The molecule has 0 radical (unpaired) electrons. The van der Waals surface area contributed by atoms with Crippen LogP contribution in [0.3, 0.4) is 0 Å². The van der Waals surface area contributed by atoms with Gasteiger partial charge in [0.25, 0.3) is 5.91 Å². The molecule has 0 saturated heterocycles.